The molecule has 0 bridgehead atoms. The summed E-state index contributed by atoms with van der Waals surface area (Å²) in [6.07, 6.45) is 0.0764. The Kier molecular flexibility index (Phi) is 3.73. The first-order valence-corrected chi connectivity index (χ1v) is 6.16. The number of halogens is 1. The molecule has 0 radical (unpaired) electrons. The maximum atomic E-state index is 13.1. The Morgan fingerprint density at radius 2 is 2.37 bits per heavy atom. The van der Waals surface area contributed by atoms with Crippen LogP contribution in [0.1, 0.15) is 11.3 Å². The summed E-state index contributed by atoms with van der Waals surface area (Å²) in [5, 5.41) is 13.4. The molecule has 3 N–H and O–H groups in total. The van der Waals surface area contributed by atoms with Gasteiger partial charge in [-0.25, -0.2) is 9.37 Å². The van der Waals surface area contributed by atoms with Gasteiger partial charge in [-0.1, -0.05) is 0 Å². The molecule has 19 heavy (non-hydrogen) atoms. The molecule has 0 saturated heterocycles. The molecule has 2 rings (SSSR count). The number of rotatable bonds is 3. The van der Waals surface area contributed by atoms with Gasteiger partial charge in [0.1, 0.15) is 11.9 Å². The molecule has 0 aliphatic heterocycles. The van der Waals surface area contributed by atoms with Crippen LogP contribution >= 0.6 is 11.3 Å². The smallest absolute Gasteiger partial charge is 0.230 e. The van der Waals surface area contributed by atoms with Crippen LogP contribution < -0.4 is 11.1 Å². The van der Waals surface area contributed by atoms with Gasteiger partial charge >= 0.3 is 0 Å². The van der Waals surface area contributed by atoms with Crippen molar-refractivity contribution in [3.05, 3.63) is 40.7 Å². The first-order valence-electron chi connectivity index (χ1n) is 5.28. The van der Waals surface area contributed by atoms with E-state index in [0.29, 0.717) is 16.5 Å². The second-order valence-corrected chi connectivity index (χ2v) is 4.60. The van der Waals surface area contributed by atoms with Crippen LogP contribution in [0.15, 0.2) is 23.6 Å². The van der Waals surface area contributed by atoms with Crippen molar-refractivity contribution in [2.24, 2.45) is 0 Å². The van der Waals surface area contributed by atoms with Crippen molar-refractivity contribution in [1.82, 2.24) is 4.98 Å². The molecule has 1 heterocycles. The lowest BCUT2D eigenvalue weighted by atomic mass is 10.2. The Morgan fingerprint density at radius 3 is 3.00 bits per heavy atom. The van der Waals surface area contributed by atoms with Gasteiger partial charge in [0.25, 0.3) is 0 Å². The van der Waals surface area contributed by atoms with Crippen molar-refractivity contribution in [3.63, 3.8) is 0 Å². The molecule has 0 saturated carbocycles. The molecule has 7 heteroatoms. The second-order valence-electron chi connectivity index (χ2n) is 3.71. The molecular weight excluding hydrogens is 267 g/mol. The average molecular weight is 276 g/mol. The van der Waals surface area contributed by atoms with Gasteiger partial charge in [-0.15, -0.1) is 11.3 Å². The number of hydrogen-bond donors (Lipinski definition) is 2. The van der Waals surface area contributed by atoms with Crippen LogP contribution in [0.2, 0.25) is 0 Å². The molecule has 0 atom stereocenters. The van der Waals surface area contributed by atoms with Gasteiger partial charge in [0, 0.05) is 11.1 Å². The summed E-state index contributed by atoms with van der Waals surface area (Å²) < 4.78 is 13.1. The van der Waals surface area contributed by atoms with E-state index >= 15 is 0 Å². The Labute approximate surface area is 112 Å². The third kappa shape index (κ3) is 3.26. The highest BCUT2D eigenvalue weighted by Gasteiger charge is 2.09. The minimum atomic E-state index is -0.618. The number of anilines is 2. The summed E-state index contributed by atoms with van der Waals surface area (Å²) in [5.74, 6) is -0.923. The van der Waals surface area contributed by atoms with Gasteiger partial charge in [-0.2, -0.15) is 5.26 Å². The first-order chi connectivity index (χ1) is 9.08. The van der Waals surface area contributed by atoms with Gasteiger partial charge in [0.05, 0.1) is 17.7 Å². The number of aromatic nitrogens is 1. The lowest BCUT2D eigenvalue weighted by molar-refractivity contribution is -0.115. The highest BCUT2D eigenvalue weighted by Crippen LogP contribution is 2.15. The molecular formula is C12H9FN4OS. The molecule has 96 valence electrons. The summed E-state index contributed by atoms with van der Waals surface area (Å²) >= 11 is 1.25. The van der Waals surface area contributed by atoms with Gasteiger partial charge in [0.15, 0.2) is 5.13 Å². The molecule has 1 aromatic carbocycles. The summed E-state index contributed by atoms with van der Waals surface area (Å²) in [4.78, 5) is 15.7. The summed E-state index contributed by atoms with van der Waals surface area (Å²) in [6, 6.07) is 5.52. The summed E-state index contributed by atoms with van der Waals surface area (Å²) in [7, 11) is 0. The Morgan fingerprint density at radius 1 is 1.58 bits per heavy atom. The van der Waals surface area contributed by atoms with Gasteiger partial charge < -0.3 is 11.1 Å². The van der Waals surface area contributed by atoms with Crippen LogP contribution in [0.25, 0.3) is 0 Å². The largest absolute Gasteiger partial charge is 0.375 e. The fourth-order valence-corrected chi connectivity index (χ4v) is 2.03. The predicted molar refractivity (Wildman–Crippen MR) is 70.0 cm³/mol. The quantitative estimate of drug-likeness (QED) is 0.895. The Bertz CT molecular complexity index is 662. The van der Waals surface area contributed by atoms with Gasteiger partial charge in [0.2, 0.25) is 5.91 Å². The van der Waals surface area contributed by atoms with Crippen molar-refractivity contribution >= 4 is 28.1 Å². The maximum absolute atomic E-state index is 13.1. The van der Waals surface area contributed by atoms with Crippen molar-refractivity contribution in [2.75, 3.05) is 11.1 Å². The van der Waals surface area contributed by atoms with Crippen LogP contribution in [-0.4, -0.2) is 10.9 Å². The highest BCUT2D eigenvalue weighted by atomic mass is 32.1. The summed E-state index contributed by atoms with van der Waals surface area (Å²) in [6.45, 7) is 0. The minimum Gasteiger partial charge on any atom is -0.375 e. The molecule has 0 spiro atoms. The zero-order valence-electron chi connectivity index (χ0n) is 9.68. The van der Waals surface area contributed by atoms with E-state index in [2.05, 4.69) is 10.3 Å². The highest BCUT2D eigenvalue weighted by molar-refractivity contribution is 7.13. The van der Waals surface area contributed by atoms with Crippen molar-refractivity contribution < 1.29 is 9.18 Å². The fraction of sp³-hybridized carbons (Fsp3) is 0.0833. The minimum absolute atomic E-state index is 0.0764. The van der Waals surface area contributed by atoms with Gasteiger partial charge in [-0.05, 0) is 18.2 Å². The molecule has 1 amide bonds. The van der Waals surface area contributed by atoms with Crippen LogP contribution in [0.4, 0.5) is 15.2 Å². The zero-order chi connectivity index (χ0) is 13.8. The SMILES string of the molecule is N#Cc1cc(NC(=O)Cc2csc(N)n2)ccc1F. The number of nitrogen functional groups attached to an aromatic ring is 1. The number of carbonyl (C=O) groups is 1. The van der Waals surface area contributed by atoms with E-state index in [1.54, 1.807) is 11.4 Å². The summed E-state index contributed by atoms with van der Waals surface area (Å²) in [5.41, 5.74) is 6.28. The van der Waals surface area contributed by atoms with E-state index in [4.69, 9.17) is 11.0 Å². The van der Waals surface area contributed by atoms with Crippen molar-refractivity contribution in [1.29, 1.82) is 5.26 Å². The number of benzene rings is 1. The molecule has 5 nitrogen and oxygen atoms in total. The number of nitrogens with two attached hydrogens (primary N) is 1. The van der Waals surface area contributed by atoms with Crippen LogP contribution in [0, 0.1) is 17.1 Å². The third-order valence-electron chi connectivity index (χ3n) is 2.28. The normalized spacial score (nSPS) is 9.89. The average Bonchev–Trinajstić information content (AvgIpc) is 2.77. The van der Waals surface area contributed by atoms with Gasteiger partial charge in [-0.3, -0.25) is 4.79 Å². The number of amides is 1. The lowest BCUT2D eigenvalue weighted by Crippen LogP contribution is -2.14. The number of hydrogen-bond acceptors (Lipinski definition) is 5. The number of carbonyl (C=O) groups excluding carboxylic acids is 1. The zero-order valence-corrected chi connectivity index (χ0v) is 10.5. The van der Waals surface area contributed by atoms with E-state index in [1.165, 1.54) is 23.5 Å². The van der Waals surface area contributed by atoms with E-state index in [1.807, 2.05) is 0 Å². The second kappa shape index (κ2) is 5.46. The predicted octanol–water partition coefficient (Wildman–Crippen LogP) is 1.92. The Hall–Kier alpha value is -2.46. The number of nitriles is 1. The van der Waals surface area contributed by atoms with E-state index in [9.17, 15) is 9.18 Å². The standard InChI is InChI=1S/C12H9FN4OS/c13-10-2-1-8(3-7(10)5-14)16-11(18)4-9-6-19-12(15)17-9/h1-3,6H,4H2,(H2,15,17)(H,16,18). The lowest BCUT2D eigenvalue weighted by Gasteiger charge is -2.04. The van der Waals surface area contributed by atoms with Crippen LogP contribution in [0.3, 0.4) is 0 Å². The van der Waals surface area contributed by atoms with Crippen molar-refractivity contribution in [3.8, 4) is 6.07 Å². The molecule has 2 aromatic rings. The van der Waals surface area contributed by atoms with E-state index < -0.39 is 5.82 Å². The number of thiazole rings is 1. The van der Waals surface area contributed by atoms with Crippen LogP contribution in [0.5, 0.6) is 0 Å². The Balaban J connectivity index is 2.05. The number of nitrogens with zero attached hydrogens (tertiary/aromatic N) is 2. The van der Waals surface area contributed by atoms with Crippen LogP contribution in [-0.2, 0) is 11.2 Å². The molecule has 0 fully saturated rings. The number of nitrogens with one attached hydrogen (secondary N) is 1. The van der Waals surface area contributed by atoms with E-state index in [0.717, 1.165) is 6.07 Å². The molecule has 0 unspecified atom stereocenters. The molecule has 0 aliphatic carbocycles. The first kappa shape index (κ1) is 13.0. The maximum Gasteiger partial charge on any atom is 0.230 e. The monoisotopic (exact) mass is 276 g/mol. The third-order valence-corrected chi connectivity index (χ3v) is 3.00. The molecule has 0 aliphatic rings. The van der Waals surface area contributed by atoms with E-state index in [-0.39, 0.29) is 17.9 Å². The van der Waals surface area contributed by atoms with Crippen molar-refractivity contribution in [2.45, 2.75) is 6.42 Å². The fourth-order valence-electron chi connectivity index (χ4n) is 1.46. The molecule has 1 aromatic heterocycles. The topological polar surface area (TPSA) is 91.8 Å².